The van der Waals surface area contributed by atoms with Gasteiger partial charge >= 0.3 is 0 Å². The first-order valence-corrected chi connectivity index (χ1v) is 3.78. The molecule has 1 rings (SSSR count). The summed E-state index contributed by atoms with van der Waals surface area (Å²) in [5.74, 6) is 0. The molecule has 0 saturated heterocycles. The van der Waals surface area contributed by atoms with Crippen LogP contribution in [0.3, 0.4) is 0 Å². The van der Waals surface area contributed by atoms with E-state index in [0.717, 1.165) is 0 Å². The summed E-state index contributed by atoms with van der Waals surface area (Å²) in [6, 6.07) is 5.97. The molecule has 0 spiro atoms. The first-order chi connectivity index (χ1) is 6.09. The Morgan fingerprint density at radius 3 is 2.85 bits per heavy atom. The lowest BCUT2D eigenvalue weighted by Crippen LogP contribution is -2.13. The minimum Gasteiger partial charge on any atom is -0.374 e. The van der Waals surface area contributed by atoms with E-state index in [9.17, 15) is 10.1 Å². The van der Waals surface area contributed by atoms with Gasteiger partial charge in [-0.2, -0.15) is 0 Å². The zero-order valence-corrected chi connectivity index (χ0v) is 7.10. The van der Waals surface area contributed by atoms with Gasteiger partial charge in [0.1, 0.15) is 6.23 Å². The van der Waals surface area contributed by atoms with Crippen LogP contribution in [0.15, 0.2) is 24.3 Å². The van der Waals surface area contributed by atoms with E-state index in [-0.39, 0.29) is 5.69 Å². The summed E-state index contributed by atoms with van der Waals surface area (Å²) in [7, 11) is 0. The van der Waals surface area contributed by atoms with Gasteiger partial charge in [0.25, 0.3) is 5.69 Å². The van der Waals surface area contributed by atoms with Crippen LogP contribution in [0.1, 0.15) is 6.92 Å². The number of aliphatic hydroxyl groups excluding tert-OH is 1. The number of anilines is 1. The molecule has 5 heteroatoms. The Morgan fingerprint density at radius 2 is 2.31 bits per heavy atom. The van der Waals surface area contributed by atoms with E-state index in [4.69, 9.17) is 5.11 Å². The van der Waals surface area contributed by atoms with Crippen molar-refractivity contribution >= 4 is 11.4 Å². The maximum atomic E-state index is 10.4. The molecule has 13 heavy (non-hydrogen) atoms. The molecular weight excluding hydrogens is 172 g/mol. The van der Waals surface area contributed by atoms with Crippen molar-refractivity contribution in [2.75, 3.05) is 5.32 Å². The van der Waals surface area contributed by atoms with Crippen molar-refractivity contribution in [1.82, 2.24) is 0 Å². The first-order valence-electron chi connectivity index (χ1n) is 3.78. The van der Waals surface area contributed by atoms with Crippen molar-refractivity contribution in [3.8, 4) is 0 Å². The van der Waals surface area contributed by atoms with Crippen molar-refractivity contribution in [2.24, 2.45) is 0 Å². The summed E-state index contributed by atoms with van der Waals surface area (Å²) >= 11 is 0. The molecule has 1 atom stereocenters. The van der Waals surface area contributed by atoms with Crippen LogP contribution in [0.25, 0.3) is 0 Å². The van der Waals surface area contributed by atoms with Gasteiger partial charge < -0.3 is 10.4 Å². The molecule has 0 saturated carbocycles. The molecule has 70 valence electrons. The topological polar surface area (TPSA) is 75.4 Å². The van der Waals surface area contributed by atoms with Crippen LogP contribution in [0.5, 0.6) is 0 Å². The Balaban J connectivity index is 2.85. The average Bonchev–Trinajstić information content (AvgIpc) is 2.03. The Labute approximate surface area is 75.2 Å². The normalized spacial score (nSPS) is 12.2. The molecular formula is C8H10N2O3. The molecule has 1 unspecified atom stereocenters. The fourth-order valence-corrected chi connectivity index (χ4v) is 0.950. The van der Waals surface area contributed by atoms with Gasteiger partial charge in [-0.3, -0.25) is 10.1 Å². The summed E-state index contributed by atoms with van der Waals surface area (Å²) in [5.41, 5.74) is 0.537. The fourth-order valence-electron chi connectivity index (χ4n) is 0.950. The fraction of sp³-hybridized carbons (Fsp3) is 0.250. The van der Waals surface area contributed by atoms with Crippen molar-refractivity contribution in [2.45, 2.75) is 13.2 Å². The molecule has 0 aliphatic carbocycles. The Hall–Kier alpha value is -1.62. The Kier molecular flexibility index (Phi) is 2.81. The number of non-ortho nitro benzene ring substituents is 1. The van der Waals surface area contributed by atoms with Gasteiger partial charge in [-0.1, -0.05) is 6.07 Å². The standard InChI is InChI=1S/C8H10N2O3/c1-6(11)9-7-3-2-4-8(5-7)10(12)13/h2-6,9,11H,1H3. The highest BCUT2D eigenvalue weighted by atomic mass is 16.6. The van der Waals surface area contributed by atoms with Crippen LogP contribution in [0.2, 0.25) is 0 Å². The summed E-state index contributed by atoms with van der Waals surface area (Å²) < 4.78 is 0. The number of nitrogens with one attached hydrogen (secondary N) is 1. The third-order valence-electron chi connectivity index (χ3n) is 1.43. The van der Waals surface area contributed by atoms with Crippen molar-refractivity contribution in [1.29, 1.82) is 0 Å². The number of rotatable bonds is 3. The third-order valence-corrected chi connectivity index (χ3v) is 1.43. The second-order valence-corrected chi connectivity index (χ2v) is 2.63. The van der Waals surface area contributed by atoms with E-state index in [2.05, 4.69) is 5.32 Å². The lowest BCUT2D eigenvalue weighted by atomic mass is 10.3. The van der Waals surface area contributed by atoms with Crippen LogP contribution in [-0.2, 0) is 0 Å². The van der Waals surface area contributed by atoms with Crippen LogP contribution in [-0.4, -0.2) is 16.3 Å². The quantitative estimate of drug-likeness (QED) is 0.420. The summed E-state index contributed by atoms with van der Waals surface area (Å²) in [6.07, 6.45) is -0.720. The predicted molar refractivity (Wildman–Crippen MR) is 48.4 cm³/mol. The molecule has 0 aromatic heterocycles. The van der Waals surface area contributed by atoms with Gasteiger partial charge in [-0.15, -0.1) is 0 Å². The van der Waals surface area contributed by atoms with Gasteiger partial charge in [0.15, 0.2) is 0 Å². The van der Waals surface area contributed by atoms with Crippen LogP contribution in [0.4, 0.5) is 11.4 Å². The molecule has 0 aliphatic heterocycles. The van der Waals surface area contributed by atoms with Crippen molar-refractivity contribution in [3.63, 3.8) is 0 Å². The Morgan fingerprint density at radius 1 is 1.62 bits per heavy atom. The molecule has 1 aromatic rings. The average molecular weight is 182 g/mol. The third kappa shape index (κ3) is 2.72. The van der Waals surface area contributed by atoms with Crippen molar-refractivity contribution in [3.05, 3.63) is 34.4 Å². The monoisotopic (exact) mass is 182 g/mol. The minimum atomic E-state index is -0.720. The molecule has 0 fully saturated rings. The van der Waals surface area contributed by atoms with Crippen molar-refractivity contribution < 1.29 is 10.0 Å². The zero-order chi connectivity index (χ0) is 9.84. The number of nitro benzene ring substituents is 1. The van der Waals surface area contributed by atoms with Crippen LogP contribution in [0, 0.1) is 10.1 Å². The van der Waals surface area contributed by atoms with E-state index < -0.39 is 11.2 Å². The number of benzene rings is 1. The van der Waals surface area contributed by atoms with E-state index in [0.29, 0.717) is 5.69 Å². The Bertz CT molecular complexity index is 312. The molecule has 0 radical (unpaired) electrons. The number of nitro groups is 1. The maximum absolute atomic E-state index is 10.4. The van der Waals surface area contributed by atoms with Crippen LogP contribution < -0.4 is 5.32 Å². The highest BCUT2D eigenvalue weighted by Crippen LogP contribution is 2.17. The summed E-state index contributed by atoms with van der Waals surface area (Å²) in [6.45, 7) is 1.54. The minimum absolute atomic E-state index is 0.00523. The zero-order valence-electron chi connectivity index (χ0n) is 7.10. The smallest absolute Gasteiger partial charge is 0.271 e. The molecule has 0 aliphatic rings. The number of hydrogen-bond donors (Lipinski definition) is 2. The largest absolute Gasteiger partial charge is 0.374 e. The highest BCUT2D eigenvalue weighted by molar-refractivity contribution is 5.51. The van der Waals surface area contributed by atoms with E-state index in [1.165, 1.54) is 12.1 Å². The maximum Gasteiger partial charge on any atom is 0.271 e. The second kappa shape index (κ2) is 3.86. The van der Waals surface area contributed by atoms with Gasteiger partial charge in [-0.25, -0.2) is 0 Å². The lowest BCUT2D eigenvalue weighted by molar-refractivity contribution is -0.384. The summed E-state index contributed by atoms with van der Waals surface area (Å²) in [4.78, 5) is 9.88. The number of aliphatic hydroxyl groups is 1. The van der Waals surface area contributed by atoms with Gasteiger partial charge in [0.2, 0.25) is 0 Å². The molecule has 0 bridgehead atoms. The van der Waals surface area contributed by atoms with E-state index in [1.807, 2.05) is 0 Å². The molecule has 1 aromatic carbocycles. The molecule has 2 N–H and O–H groups in total. The van der Waals surface area contributed by atoms with E-state index in [1.54, 1.807) is 19.1 Å². The summed E-state index contributed by atoms with van der Waals surface area (Å²) in [5, 5.41) is 22.0. The highest BCUT2D eigenvalue weighted by Gasteiger charge is 2.05. The second-order valence-electron chi connectivity index (χ2n) is 2.63. The first kappa shape index (κ1) is 9.47. The van der Waals surface area contributed by atoms with Crippen LogP contribution >= 0.6 is 0 Å². The van der Waals surface area contributed by atoms with E-state index >= 15 is 0 Å². The number of hydrogen-bond acceptors (Lipinski definition) is 4. The molecule has 5 nitrogen and oxygen atoms in total. The van der Waals surface area contributed by atoms with Gasteiger partial charge in [-0.05, 0) is 13.0 Å². The predicted octanol–water partition coefficient (Wildman–Crippen LogP) is 1.34. The van der Waals surface area contributed by atoms with Gasteiger partial charge in [0, 0.05) is 17.8 Å². The van der Waals surface area contributed by atoms with Gasteiger partial charge in [0.05, 0.1) is 4.92 Å². The molecule has 0 amide bonds. The molecule has 0 heterocycles. The SMILES string of the molecule is CC(O)Nc1cccc([N+](=O)[O-])c1. The number of nitrogens with zero attached hydrogens (tertiary/aromatic N) is 1. The lowest BCUT2D eigenvalue weighted by Gasteiger charge is -2.07.